The third-order valence-electron chi connectivity index (χ3n) is 7.11. The minimum absolute atomic E-state index is 0.0233. The number of carboxylic acids is 1. The molecule has 162 valence electrons. The number of esters is 1. The number of carbonyl (C=O) groups is 2. The van der Waals surface area contributed by atoms with Crippen LogP contribution in [0.25, 0.3) is 0 Å². The Kier molecular flexibility index (Phi) is 4.82. The number of fused-ring (bicyclic) bond motifs is 1. The molecule has 8 heteroatoms. The summed E-state index contributed by atoms with van der Waals surface area (Å²) in [6.45, 7) is 4.57. The predicted molar refractivity (Wildman–Crippen MR) is 106 cm³/mol. The number of nitrogens with zero attached hydrogens (tertiary/aromatic N) is 1. The van der Waals surface area contributed by atoms with Crippen LogP contribution >= 0.6 is 0 Å². The highest BCUT2D eigenvalue weighted by molar-refractivity contribution is 5.77. The Bertz CT molecular complexity index is 942. The van der Waals surface area contributed by atoms with Gasteiger partial charge < -0.3 is 29.7 Å². The number of carbonyl (C=O) groups excluding carboxylic acids is 1. The van der Waals surface area contributed by atoms with E-state index in [0.717, 1.165) is 11.1 Å². The molecule has 3 aliphatic rings. The quantitative estimate of drug-likeness (QED) is 0.636. The van der Waals surface area contributed by atoms with Crippen molar-refractivity contribution in [2.24, 2.45) is 0 Å². The van der Waals surface area contributed by atoms with Gasteiger partial charge in [-0.15, -0.1) is 0 Å². The van der Waals surface area contributed by atoms with Gasteiger partial charge in [-0.2, -0.15) is 0 Å². The normalized spacial score (nSPS) is 32.3. The number of phenols is 1. The summed E-state index contributed by atoms with van der Waals surface area (Å²) in [6, 6.07) is 3.15. The summed E-state index contributed by atoms with van der Waals surface area (Å²) < 4.78 is 11.7. The number of carboxylic acid groups (broad SMARTS) is 1. The van der Waals surface area contributed by atoms with Crippen LogP contribution in [0.3, 0.4) is 0 Å². The molecule has 1 saturated heterocycles. The maximum absolute atomic E-state index is 12.3. The third kappa shape index (κ3) is 2.74. The van der Waals surface area contributed by atoms with Gasteiger partial charge in [-0.3, -0.25) is 9.59 Å². The van der Waals surface area contributed by atoms with Crippen LogP contribution in [0.2, 0.25) is 0 Å². The second-order valence-corrected chi connectivity index (χ2v) is 8.58. The molecule has 0 aromatic heterocycles. The first-order valence-corrected chi connectivity index (χ1v) is 10.2. The first-order chi connectivity index (χ1) is 14.1. The van der Waals surface area contributed by atoms with Crippen molar-refractivity contribution in [3.63, 3.8) is 0 Å². The Balaban J connectivity index is 1.81. The Morgan fingerprint density at radius 2 is 2.07 bits per heavy atom. The lowest BCUT2D eigenvalue weighted by Crippen LogP contribution is -2.71. The molecule has 1 spiro atoms. The third-order valence-corrected chi connectivity index (χ3v) is 7.11. The number of aliphatic carboxylic acids is 1. The fourth-order valence-corrected chi connectivity index (χ4v) is 5.40. The van der Waals surface area contributed by atoms with Crippen LogP contribution in [-0.2, 0) is 19.7 Å². The molecule has 1 aromatic rings. The van der Waals surface area contributed by atoms with E-state index in [1.165, 1.54) is 0 Å². The SMILES string of the molecule is Cc1ccc(O)c2c1C13CCN(C)C(C)C1(O)CC=C(OC(=O)CCC(=O)O)C3O2. The molecule has 0 radical (unpaired) electrons. The number of phenolic OH excluding ortho intramolecular Hbond substituents is 1. The number of hydrogen-bond donors (Lipinski definition) is 3. The van der Waals surface area contributed by atoms with E-state index in [-0.39, 0.29) is 36.8 Å². The predicted octanol–water partition coefficient (Wildman–Crippen LogP) is 1.85. The van der Waals surface area contributed by atoms with Gasteiger partial charge >= 0.3 is 11.9 Å². The summed E-state index contributed by atoms with van der Waals surface area (Å²) in [7, 11) is 1.96. The maximum atomic E-state index is 12.3. The first-order valence-electron chi connectivity index (χ1n) is 10.2. The van der Waals surface area contributed by atoms with Gasteiger partial charge in [-0.05, 0) is 51.6 Å². The number of benzene rings is 1. The number of ether oxygens (including phenoxy) is 2. The highest BCUT2D eigenvalue weighted by Gasteiger charge is 2.69. The van der Waals surface area contributed by atoms with E-state index in [2.05, 4.69) is 4.90 Å². The molecule has 0 saturated carbocycles. The lowest BCUT2D eigenvalue weighted by molar-refractivity contribution is -0.162. The highest BCUT2D eigenvalue weighted by atomic mass is 16.6. The largest absolute Gasteiger partial charge is 0.504 e. The minimum Gasteiger partial charge on any atom is -0.504 e. The number of likely N-dealkylation sites (N-methyl/N-ethyl adjacent to an activating group) is 1. The average Bonchev–Trinajstić information content (AvgIpc) is 3.06. The number of rotatable bonds is 4. The van der Waals surface area contributed by atoms with Gasteiger partial charge in [-0.1, -0.05) is 6.07 Å². The van der Waals surface area contributed by atoms with E-state index in [0.29, 0.717) is 18.7 Å². The van der Waals surface area contributed by atoms with E-state index < -0.39 is 29.1 Å². The zero-order chi connectivity index (χ0) is 21.8. The van der Waals surface area contributed by atoms with Crippen LogP contribution in [0.1, 0.15) is 43.7 Å². The average molecular weight is 417 g/mol. The minimum atomic E-state index is -1.20. The van der Waals surface area contributed by atoms with Crippen LogP contribution < -0.4 is 4.74 Å². The van der Waals surface area contributed by atoms with Crippen molar-refractivity contribution in [2.75, 3.05) is 13.6 Å². The van der Waals surface area contributed by atoms with E-state index in [4.69, 9.17) is 14.6 Å². The zero-order valence-corrected chi connectivity index (χ0v) is 17.3. The molecule has 4 unspecified atom stereocenters. The molecule has 30 heavy (non-hydrogen) atoms. The lowest BCUT2D eigenvalue weighted by Gasteiger charge is -2.58. The number of hydrogen-bond acceptors (Lipinski definition) is 7. The Morgan fingerprint density at radius 1 is 1.33 bits per heavy atom. The Labute approximate surface area is 174 Å². The molecule has 4 atom stereocenters. The zero-order valence-electron chi connectivity index (χ0n) is 17.3. The van der Waals surface area contributed by atoms with Gasteiger partial charge in [0.1, 0.15) is 5.76 Å². The summed E-state index contributed by atoms with van der Waals surface area (Å²) in [5.74, 6) is -1.19. The van der Waals surface area contributed by atoms with Crippen molar-refractivity contribution in [2.45, 2.75) is 62.7 Å². The number of piperidine rings is 1. The number of aliphatic hydroxyl groups is 1. The van der Waals surface area contributed by atoms with Gasteiger partial charge in [-0.25, -0.2) is 0 Å². The van der Waals surface area contributed by atoms with Crippen LogP contribution in [0.4, 0.5) is 0 Å². The standard InChI is InChI=1S/C22H27NO7/c1-12-4-5-14(24)19-18(12)21-10-11-23(3)13(2)22(21,28)9-8-15(20(21)30-19)29-17(27)7-6-16(25)26/h4-5,8,13,20,24,28H,6-7,9-11H2,1-3H3,(H,25,26). The second kappa shape index (κ2) is 6.99. The van der Waals surface area contributed by atoms with Crippen molar-refractivity contribution >= 4 is 11.9 Å². The van der Waals surface area contributed by atoms with Crippen molar-refractivity contribution in [1.82, 2.24) is 4.90 Å². The number of likely N-dealkylation sites (tertiary alicyclic amines) is 1. The molecule has 4 rings (SSSR count). The second-order valence-electron chi connectivity index (χ2n) is 8.58. The van der Waals surface area contributed by atoms with Gasteiger partial charge in [0.25, 0.3) is 0 Å². The molecule has 1 aliphatic carbocycles. The Morgan fingerprint density at radius 3 is 2.77 bits per heavy atom. The van der Waals surface area contributed by atoms with Crippen LogP contribution in [0.15, 0.2) is 24.0 Å². The smallest absolute Gasteiger partial charge is 0.311 e. The van der Waals surface area contributed by atoms with Crippen molar-refractivity contribution in [1.29, 1.82) is 0 Å². The van der Waals surface area contributed by atoms with Gasteiger partial charge in [0.15, 0.2) is 17.6 Å². The number of aromatic hydroxyl groups is 1. The van der Waals surface area contributed by atoms with Crippen LogP contribution in [0, 0.1) is 6.92 Å². The van der Waals surface area contributed by atoms with E-state index in [9.17, 15) is 19.8 Å². The molecule has 0 amide bonds. The Hall–Kier alpha value is -2.58. The monoisotopic (exact) mass is 417 g/mol. The summed E-state index contributed by atoms with van der Waals surface area (Å²) in [6.07, 6.45) is 1.09. The van der Waals surface area contributed by atoms with Crippen molar-refractivity contribution in [3.8, 4) is 11.5 Å². The molecule has 8 nitrogen and oxygen atoms in total. The van der Waals surface area contributed by atoms with Crippen LogP contribution in [-0.4, -0.2) is 63.5 Å². The van der Waals surface area contributed by atoms with Crippen LogP contribution in [0.5, 0.6) is 11.5 Å². The first kappa shape index (κ1) is 20.7. The molecule has 3 N–H and O–H groups in total. The van der Waals surface area contributed by atoms with E-state index >= 15 is 0 Å². The fraction of sp³-hybridized carbons (Fsp3) is 0.545. The fourth-order valence-electron chi connectivity index (χ4n) is 5.40. The van der Waals surface area contributed by atoms with E-state index in [1.807, 2.05) is 20.9 Å². The summed E-state index contributed by atoms with van der Waals surface area (Å²) in [5, 5.41) is 31.3. The van der Waals surface area contributed by atoms with Gasteiger partial charge in [0, 0.05) is 18.0 Å². The highest BCUT2D eigenvalue weighted by Crippen LogP contribution is 2.62. The summed E-state index contributed by atoms with van der Waals surface area (Å²) in [4.78, 5) is 25.1. The van der Waals surface area contributed by atoms with Gasteiger partial charge in [0.2, 0.25) is 0 Å². The van der Waals surface area contributed by atoms with Crippen molar-refractivity contribution < 1.29 is 34.4 Å². The molecule has 2 heterocycles. The van der Waals surface area contributed by atoms with Gasteiger partial charge in [0.05, 0.1) is 23.9 Å². The lowest BCUT2D eigenvalue weighted by atomic mass is 9.54. The molecule has 1 fully saturated rings. The topological polar surface area (TPSA) is 117 Å². The van der Waals surface area contributed by atoms with E-state index in [1.54, 1.807) is 18.2 Å². The maximum Gasteiger partial charge on any atom is 0.311 e. The molecule has 1 aromatic carbocycles. The molecule has 0 bridgehead atoms. The molecular weight excluding hydrogens is 390 g/mol. The number of aryl methyl sites for hydroxylation is 1. The summed E-state index contributed by atoms with van der Waals surface area (Å²) >= 11 is 0. The molecule has 2 aliphatic heterocycles. The van der Waals surface area contributed by atoms with Crippen molar-refractivity contribution in [3.05, 3.63) is 35.1 Å². The summed E-state index contributed by atoms with van der Waals surface area (Å²) in [5.41, 5.74) is -0.458. The molecular formula is C22H27NO7.